The van der Waals surface area contributed by atoms with Crippen LogP contribution in [0, 0.1) is 0 Å². The fourth-order valence-corrected chi connectivity index (χ4v) is 4.08. The molecule has 0 atom stereocenters. The highest BCUT2D eigenvalue weighted by Gasteiger charge is 2.17. The molecule has 0 saturated heterocycles. The van der Waals surface area contributed by atoms with Gasteiger partial charge in [0, 0.05) is 25.1 Å². The lowest BCUT2D eigenvalue weighted by molar-refractivity contribution is -0.121. The molecule has 2 N–H and O–H groups in total. The Hall–Kier alpha value is -3.40. The smallest absolute Gasteiger partial charge is 0.224 e. The zero-order chi connectivity index (χ0) is 25.8. The van der Waals surface area contributed by atoms with Crippen LogP contribution in [0.1, 0.15) is 68.7 Å². The van der Waals surface area contributed by atoms with Gasteiger partial charge in [0.2, 0.25) is 11.8 Å². The van der Waals surface area contributed by atoms with E-state index in [1.165, 1.54) is 22.3 Å². The van der Waals surface area contributed by atoms with E-state index in [-0.39, 0.29) is 17.2 Å². The van der Waals surface area contributed by atoms with Gasteiger partial charge in [-0.05, 0) is 71.9 Å². The molecule has 3 aromatic rings. The van der Waals surface area contributed by atoms with Crippen molar-refractivity contribution in [1.82, 2.24) is 5.32 Å². The summed E-state index contributed by atoms with van der Waals surface area (Å²) in [6, 6.07) is 27.1. The molecule has 0 aliphatic heterocycles. The van der Waals surface area contributed by atoms with Crippen LogP contribution in [-0.4, -0.2) is 18.4 Å². The van der Waals surface area contributed by atoms with E-state index < -0.39 is 0 Å². The molecule has 3 aromatic carbocycles. The van der Waals surface area contributed by atoms with Crippen molar-refractivity contribution >= 4 is 17.5 Å². The Bertz CT molecular complexity index is 1090. The third-order valence-corrected chi connectivity index (χ3v) is 6.95. The van der Waals surface area contributed by atoms with Crippen molar-refractivity contribution < 1.29 is 9.59 Å². The molecule has 0 aromatic heterocycles. The molecule has 0 radical (unpaired) electrons. The summed E-state index contributed by atoms with van der Waals surface area (Å²) in [5.41, 5.74) is 6.11. The van der Waals surface area contributed by atoms with Crippen molar-refractivity contribution in [3.05, 3.63) is 101 Å². The quantitative estimate of drug-likeness (QED) is 0.286. The lowest BCUT2D eigenvalue weighted by Crippen LogP contribution is -2.25. The SMILES string of the molecule is CCC(C)(C)c1ccc(CCNC(=O)CCCC(=O)Nc2ccc(CCc3ccccc3)cc2)cc1. The molecule has 4 nitrogen and oxygen atoms in total. The van der Waals surface area contributed by atoms with Gasteiger partial charge in [0.05, 0.1) is 0 Å². The number of rotatable bonds is 13. The van der Waals surface area contributed by atoms with Crippen LogP contribution in [0.25, 0.3) is 0 Å². The number of carbonyl (C=O) groups is 2. The summed E-state index contributed by atoms with van der Waals surface area (Å²) in [6.45, 7) is 7.33. The van der Waals surface area contributed by atoms with Crippen LogP contribution in [0.5, 0.6) is 0 Å². The summed E-state index contributed by atoms with van der Waals surface area (Å²) >= 11 is 0. The normalized spacial score (nSPS) is 11.2. The minimum atomic E-state index is -0.0603. The average molecular weight is 485 g/mol. The Kier molecular flexibility index (Phi) is 10.3. The number of benzene rings is 3. The van der Waals surface area contributed by atoms with E-state index in [4.69, 9.17) is 0 Å². The summed E-state index contributed by atoms with van der Waals surface area (Å²) in [5.74, 6) is -0.0655. The van der Waals surface area contributed by atoms with E-state index in [1.807, 2.05) is 18.2 Å². The molecule has 190 valence electrons. The fourth-order valence-electron chi connectivity index (χ4n) is 4.08. The summed E-state index contributed by atoms with van der Waals surface area (Å²) in [4.78, 5) is 24.4. The van der Waals surface area contributed by atoms with Gasteiger partial charge in [-0.15, -0.1) is 0 Å². The maximum Gasteiger partial charge on any atom is 0.224 e. The number of anilines is 1. The van der Waals surface area contributed by atoms with E-state index in [0.29, 0.717) is 25.8 Å². The van der Waals surface area contributed by atoms with Gasteiger partial charge in [0.15, 0.2) is 0 Å². The van der Waals surface area contributed by atoms with Crippen molar-refractivity contribution in [2.24, 2.45) is 0 Å². The average Bonchev–Trinajstić information content (AvgIpc) is 2.89. The van der Waals surface area contributed by atoms with Crippen molar-refractivity contribution in [1.29, 1.82) is 0 Å². The number of amides is 2. The predicted octanol–water partition coefficient (Wildman–Crippen LogP) is 6.63. The number of hydrogen-bond acceptors (Lipinski definition) is 2. The second-order valence-electron chi connectivity index (χ2n) is 10.1. The van der Waals surface area contributed by atoms with Gasteiger partial charge in [-0.2, -0.15) is 0 Å². The number of carbonyl (C=O) groups excluding carboxylic acids is 2. The minimum absolute atomic E-state index is 0.00527. The van der Waals surface area contributed by atoms with Gasteiger partial charge in [-0.3, -0.25) is 9.59 Å². The second kappa shape index (κ2) is 13.6. The van der Waals surface area contributed by atoms with Crippen LogP contribution in [0.3, 0.4) is 0 Å². The fraction of sp³-hybridized carbons (Fsp3) is 0.375. The zero-order valence-corrected chi connectivity index (χ0v) is 22.0. The predicted molar refractivity (Wildman–Crippen MR) is 149 cm³/mol. The zero-order valence-electron chi connectivity index (χ0n) is 22.0. The van der Waals surface area contributed by atoms with Crippen LogP contribution in [0.4, 0.5) is 5.69 Å². The molecule has 0 bridgehead atoms. The summed E-state index contributed by atoms with van der Waals surface area (Å²) in [6.07, 6.45) is 5.09. The van der Waals surface area contributed by atoms with Crippen LogP contribution in [0.2, 0.25) is 0 Å². The van der Waals surface area contributed by atoms with Gasteiger partial charge in [-0.25, -0.2) is 0 Å². The minimum Gasteiger partial charge on any atom is -0.356 e. The van der Waals surface area contributed by atoms with E-state index in [9.17, 15) is 9.59 Å². The molecule has 0 saturated carbocycles. The monoisotopic (exact) mass is 484 g/mol. The molecule has 3 rings (SSSR count). The number of nitrogens with one attached hydrogen (secondary N) is 2. The van der Waals surface area contributed by atoms with E-state index in [1.54, 1.807) is 0 Å². The molecule has 0 aliphatic rings. The topological polar surface area (TPSA) is 58.2 Å². The third-order valence-electron chi connectivity index (χ3n) is 6.95. The molecule has 0 fully saturated rings. The first-order chi connectivity index (χ1) is 17.4. The Morgan fingerprint density at radius 2 is 1.25 bits per heavy atom. The molecular weight excluding hydrogens is 444 g/mol. The van der Waals surface area contributed by atoms with Gasteiger partial charge in [-0.1, -0.05) is 87.5 Å². The van der Waals surface area contributed by atoms with E-state index in [0.717, 1.165) is 31.4 Å². The van der Waals surface area contributed by atoms with Crippen molar-refractivity contribution in [3.63, 3.8) is 0 Å². The summed E-state index contributed by atoms with van der Waals surface area (Å²) in [5, 5.41) is 5.90. The molecule has 4 heteroatoms. The van der Waals surface area contributed by atoms with Crippen LogP contribution >= 0.6 is 0 Å². The third kappa shape index (κ3) is 8.99. The Morgan fingerprint density at radius 3 is 1.89 bits per heavy atom. The Morgan fingerprint density at radius 1 is 0.694 bits per heavy atom. The highest BCUT2D eigenvalue weighted by Crippen LogP contribution is 2.26. The van der Waals surface area contributed by atoms with E-state index >= 15 is 0 Å². The molecule has 0 heterocycles. The van der Waals surface area contributed by atoms with Crippen LogP contribution in [0.15, 0.2) is 78.9 Å². The summed E-state index contributed by atoms with van der Waals surface area (Å²) in [7, 11) is 0. The molecule has 2 amide bonds. The van der Waals surface area contributed by atoms with Gasteiger partial charge >= 0.3 is 0 Å². The molecular formula is C32H40N2O2. The van der Waals surface area contributed by atoms with Gasteiger partial charge in [0.1, 0.15) is 0 Å². The van der Waals surface area contributed by atoms with E-state index in [2.05, 4.69) is 92.1 Å². The Labute approximate surface area is 216 Å². The maximum atomic E-state index is 12.3. The standard InChI is InChI=1S/C32H40N2O2/c1-4-32(2,3)28-19-15-27(16-20-28)23-24-33-30(35)11-8-12-31(36)34-29-21-17-26(18-22-29)14-13-25-9-6-5-7-10-25/h5-7,9-10,15-22H,4,8,11-14,23-24H2,1-3H3,(H,33,35)(H,34,36). The first-order valence-corrected chi connectivity index (χ1v) is 13.1. The largest absolute Gasteiger partial charge is 0.356 e. The van der Waals surface area contributed by atoms with Gasteiger partial charge in [0.25, 0.3) is 0 Å². The highest BCUT2D eigenvalue weighted by molar-refractivity contribution is 5.91. The molecule has 0 unspecified atom stereocenters. The molecule has 0 aliphatic carbocycles. The van der Waals surface area contributed by atoms with Gasteiger partial charge < -0.3 is 10.6 Å². The van der Waals surface area contributed by atoms with Crippen LogP contribution in [-0.2, 0) is 34.3 Å². The lowest BCUT2D eigenvalue weighted by atomic mass is 9.82. The van der Waals surface area contributed by atoms with Crippen molar-refractivity contribution in [2.45, 2.75) is 71.1 Å². The number of aryl methyl sites for hydroxylation is 2. The Balaban J connectivity index is 1.29. The lowest BCUT2D eigenvalue weighted by Gasteiger charge is -2.23. The van der Waals surface area contributed by atoms with Crippen LogP contribution < -0.4 is 10.6 Å². The second-order valence-corrected chi connectivity index (χ2v) is 10.1. The highest BCUT2D eigenvalue weighted by atomic mass is 16.2. The summed E-state index contributed by atoms with van der Waals surface area (Å²) < 4.78 is 0. The molecule has 0 spiro atoms. The van der Waals surface area contributed by atoms with Crippen molar-refractivity contribution in [2.75, 3.05) is 11.9 Å². The maximum absolute atomic E-state index is 12.3. The van der Waals surface area contributed by atoms with Crippen molar-refractivity contribution in [3.8, 4) is 0 Å². The number of hydrogen-bond donors (Lipinski definition) is 2. The first-order valence-electron chi connectivity index (χ1n) is 13.1. The molecule has 36 heavy (non-hydrogen) atoms. The first kappa shape index (κ1) is 27.2.